The van der Waals surface area contributed by atoms with Crippen molar-refractivity contribution in [3.63, 3.8) is 0 Å². The van der Waals surface area contributed by atoms with E-state index in [1.165, 1.54) is 19.2 Å². The second kappa shape index (κ2) is 8.85. The third-order valence-corrected chi connectivity index (χ3v) is 6.13. The molecular weight excluding hydrogens is 350 g/mol. The van der Waals surface area contributed by atoms with Gasteiger partial charge in [0.1, 0.15) is 11.0 Å². The number of hydrogen-bond acceptors (Lipinski definition) is 4. The van der Waals surface area contributed by atoms with Crippen molar-refractivity contribution in [1.29, 1.82) is 0 Å². The van der Waals surface area contributed by atoms with Crippen LogP contribution in [0.5, 0.6) is 5.75 Å². The van der Waals surface area contributed by atoms with Crippen LogP contribution in [0, 0.1) is 5.92 Å². The van der Waals surface area contributed by atoms with Gasteiger partial charge < -0.3 is 10.1 Å². The van der Waals surface area contributed by atoms with Gasteiger partial charge in [-0.1, -0.05) is 44.2 Å². The number of hydrogen-bond donors (Lipinski definition) is 1. The molecule has 5 nitrogen and oxygen atoms in total. The fourth-order valence-electron chi connectivity index (χ4n) is 2.65. The molecule has 0 aromatic heterocycles. The number of benzene rings is 2. The number of nitrogens with one attached hydrogen (secondary N) is 1. The average molecular weight is 375 g/mol. The number of rotatable bonds is 8. The van der Waals surface area contributed by atoms with Crippen LogP contribution in [0.25, 0.3) is 0 Å². The van der Waals surface area contributed by atoms with Crippen LogP contribution in [0.4, 0.5) is 0 Å². The summed E-state index contributed by atoms with van der Waals surface area (Å²) in [6.07, 6.45) is 0.365. The number of carbonyl (C=O) groups is 1. The first-order valence-electron chi connectivity index (χ1n) is 8.54. The zero-order valence-electron chi connectivity index (χ0n) is 15.3. The summed E-state index contributed by atoms with van der Waals surface area (Å²) in [6, 6.07) is 15.2. The number of carbonyl (C=O) groups excluding carboxylic acids is 1. The minimum atomic E-state index is -3.67. The van der Waals surface area contributed by atoms with Gasteiger partial charge in [-0.15, -0.1) is 0 Å². The Hall–Kier alpha value is -2.34. The molecule has 0 fully saturated rings. The largest absolute Gasteiger partial charge is 0.497 e. The number of amides is 1. The highest BCUT2D eigenvalue weighted by molar-refractivity contribution is 7.91. The molecule has 0 radical (unpaired) electrons. The predicted molar refractivity (Wildman–Crippen MR) is 102 cm³/mol. The van der Waals surface area contributed by atoms with Crippen LogP contribution in [-0.4, -0.2) is 28.0 Å². The van der Waals surface area contributed by atoms with Crippen LogP contribution in [0.15, 0.2) is 59.5 Å². The summed E-state index contributed by atoms with van der Waals surface area (Å²) < 4.78 is 31.4. The second-order valence-corrected chi connectivity index (χ2v) is 8.65. The van der Waals surface area contributed by atoms with Crippen LogP contribution in [0.2, 0.25) is 0 Å². The highest BCUT2D eigenvalue weighted by Crippen LogP contribution is 2.29. The highest BCUT2D eigenvalue weighted by atomic mass is 32.2. The monoisotopic (exact) mass is 375 g/mol. The van der Waals surface area contributed by atoms with E-state index in [0.29, 0.717) is 17.7 Å². The molecule has 0 aliphatic heterocycles. The fourth-order valence-corrected chi connectivity index (χ4v) is 4.32. The van der Waals surface area contributed by atoms with Crippen molar-refractivity contribution in [1.82, 2.24) is 5.32 Å². The summed E-state index contributed by atoms with van der Waals surface area (Å²) in [4.78, 5) is 12.2. The molecule has 0 aliphatic rings. The molecule has 2 aromatic carbocycles. The summed E-state index contributed by atoms with van der Waals surface area (Å²) in [5, 5.41) is 1.91. The minimum Gasteiger partial charge on any atom is -0.497 e. The van der Waals surface area contributed by atoms with Gasteiger partial charge in [-0.05, 0) is 35.7 Å². The lowest BCUT2D eigenvalue weighted by Gasteiger charge is -2.19. The SMILES string of the molecule is COc1ccc(S(=O)(=O)C(CNC(=O)CC(C)C)c2ccccc2)cc1. The summed E-state index contributed by atoms with van der Waals surface area (Å²) in [5.74, 6) is 0.652. The van der Waals surface area contributed by atoms with Gasteiger partial charge in [0.15, 0.2) is 9.84 Å². The second-order valence-electron chi connectivity index (χ2n) is 6.52. The van der Waals surface area contributed by atoms with Gasteiger partial charge >= 0.3 is 0 Å². The van der Waals surface area contributed by atoms with E-state index in [2.05, 4.69) is 5.32 Å². The Bertz CT molecular complexity index is 815. The van der Waals surface area contributed by atoms with E-state index in [-0.39, 0.29) is 23.3 Å². The van der Waals surface area contributed by atoms with E-state index < -0.39 is 15.1 Å². The molecule has 0 spiro atoms. The van der Waals surface area contributed by atoms with E-state index >= 15 is 0 Å². The third kappa shape index (κ3) is 5.08. The molecule has 0 heterocycles. The third-order valence-electron chi connectivity index (χ3n) is 4.01. The lowest BCUT2D eigenvalue weighted by Crippen LogP contribution is -2.32. The Morgan fingerprint density at radius 1 is 1.04 bits per heavy atom. The smallest absolute Gasteiger partial charge is 0.220 e. The molecule has 6 heteroatoms. The van der Waals surface area contributed by atoms with Gasteiger partial charge in [0.05, 0.1) is 12.0 Å². The molecule has 1 unspecified atom stereocenters. The van der Waals surface area contributed by atoms with Gasteiger partial charge in [0.25, 0.3) is 0 Å². The van der Waals surface area contributed by atoms with Crippen molar-refractivity contribution >= 4 is 15.7 Å². The topological polar surface area (TPSA) is 72.5 Å². The van der Waals surface area contributed by atoms with Crippen molar-refractivity contribution in [3.8, 4) is 5.75 Å². The van der Waals surface area contributed by atoms with E-state index in [4.69, 9.17) is 4.74 Å². The molecule has 2 rings (SSSR count). The molecule has 1 atom stereocenters. The molecular formula is C20H25NO4S. The maximum Gasteiger partial charge on any atom is 0.220 e. The van der Waals surface area contributed by atoms with Crippen LogP contribution in [0.3, 0.4) is 0 Å². The maximum absolute atomic E-state index is 13.2. The van der Waals surface area contributed by atoms with Crippen molar-refractivity contribution in [2.24, 2.45) is 5.92 Å². The first-order chi connectivity index (χ1) is 12.3. The van der Waals surface area contributed by atoms with Crippen molar-refractivity contribution in [2.45, 2.75) is 30.4 Å². The molecule has 2 aromatic rings. The van der Waals surface area contributed by atoms with Crippen LogP contribution >= 0.6 is 0 Å². The minimum absolute atomic E-state index is 0.0317. The predicted octanol–water partition coefficient (Wildman–Crippen LogP) is 3.37. The van der Waals surface area contributed by atoms with Crippen molar-refractivity contribution in [2.75, 3.05) is 13.7 Å². The van der Waals surface area contributed by atoms with E-state index in [9.17, 15) is 13.2 Å². The fraction of sp³-hybridized carbons (Fsp3) is 0.350. The Morgan fingerprint density at radius 2 is 1.65 bits per heavy atom. The number of methoxy groups -OCH3 is 1. The van der Waals surface area contributed by atoms with Crippen LogP contribution in [-0.2, 0) is 14.6 Å². The lowest BCUT2D eigenvalue weighted by atomic mass is 10.1. The zero-order chi connectivity index (χ0) is 19.2. The van der Waals surface area contributed by atoms with E-state index in [0.717, 1.165) is 0 Å². The van der Waals surface area contributed by atoms with Gasteiger partial charge in [-0.2, -0.15) is 0 Å². The van der Waals surface area contributed by atoms with Gasteiger partial charge in [0.2, 0.25) is 5.91 Å². The Labute approximate surface area is 155 Å². The summed E-state index contributed by atoms with van der Waals surface area (Å²) in [6.45, 7) is 3.93. The maximum atomic E-state index is 13.2. The van der Waals surface area contributed by atoms with Gasteiger partial charge in [0, 0.05) is 13.0 Å². The molecule has 140 valence electrons. The molecule has 0 saturated heterocycles. The summed E-state index contributed by atoms with van der Waals surface area (Å²) >= 11 is 0. The molecule has 0 aliphatic carbocycles. The molecule has 1 N–H and O–H groups in total. The standard InChI is InChI=1S/C20H25NO4S/c1-15(2)13-20(22)21-14-19(16-7-5-4-6-8-16)26(23,24)18-11-9-17(25-3)10-12-18/h4-12,15,19H,13-14H2,1-3H3,(H,21,22). The molecule has 1 amide bonds. The van der Waals surface area contributed by atoms with E-state index in [1.54, 1.807) is 36.4 Å². The Kier molecular flexibility index (Phi) is 6.80. The normalized spacial score (nSPS) is 12.6. The van der Waals surface area contributed by atoms with Crippen molar-refractivity contribution < 1.29 is 17.9 Å². The molecule has 26 heavy (non-hydrogen) atoms. The lowest BCUT2D eigenvalue weighted by molar-refractivity contribution is -0.121. The van der Waals surface area contributed by atoms with Crippen LogP contribution < -0.4 is 10.1 Å². The highest BCUT2D eigenvalue weighted by Gasteiger charge is 2.29. The molecule has 0 saturated carbocycles. The zero-order valence-corrected chi connectivity index (χ0v) is 16.1. The molecule has 0 bridgehead atoms. The Morgan fingerprint density at radius 3 is 2.19 bits per heavy atom. The first-order valence-corrected chi connectivity index (χ1v) is 10.1. The quantitative estimate of drug-likeness (QED) is 0.768. The summed E-state index contributed by atoms with van der Waals surface area (Å²) in [5.41, 5.74) is 0.646. The first kappa shape index (κ1) is 20.0. The van der Waals surface area contributed by atoms with E-state index in [1.807, 2.05) is 19.9 Å². The van der Waals surface area contributed by atoms with Gasteiger partial charge in [-0.3, -0.25) is 4.79 Å². The van der Waals surface area contributed by atoms with Crippen LogP contribution in [0.1, 0.15) is 31.1 Å². The Balaban J connectivity index is 2.31. The van der Waals surface area contributed by atoms with Crippen molar-refractivity contribution in [3.05, 3.63) is 60.2 Å². The average Bonchev–Trinajstić information content (AvgIpc) is 2.62. The number of sulfone groups is 1. The van der Waals surface area contributed by atoms with Gasteiger partial charge in [-0.25, -0.2) is 8.42 Å². The number of ether oxygens (including phenoxy) is 1. The summed E-state index contributed by atoms with van der Waals surface area (Å²) in [7, 11) is -2.15.